The zero-order valence-corrected chi connectivity index (χ0v) is 9.93. The molecule has 0 aliphatic heterocycles. The summed E-state index contributed by atoms with van der Waals surface area (Å²) in [6, 6.07) is 5.39. The minimum absolute atomic E-state index is 0.102. The molecule has 1 aromatic carbocycles. The van der Waals surface area contributed by atoms with Gasteiger partial charge in [-0.1, -0.05) is 12.1 Å². The Bertz CT molecular complexity index is 355. The topological polar surface area (TPSA) is 58.9 Å². The van der Waals surface area contributed by atoms with E-state index in [1.807, 2.05) is 6.07 Å². The molecule has 0 bridgehead atoms. The lowest BCUT2D eigenvalue weighted by Crippen LogP contribution is -2.26. The quantitative estimate of drug-likeness (QED) is 0.834. The average molecular weight is 238 g/mol. The molecule has 1 fully saturated rings. The van der Waals surface area contributed by atoms with Crippen LogP contribution in [0.15, 0.2) is 18.2 Å². The first-order chi connectivity index (χ1) is 8.26. The Morgan fingerprint density at radius 2 is 2.18 bits per heavy atom. The van der Waals surface area contributed by atoms with Crippen molar-refractivity contribution in [3.8, 4) is 11.5 Å². The highest BCUT2D eigenvalue weighted by Crippen LogP contribution is 2.34. The summed E-state index contributed by atoms with van der Waals surface area (Å²) in [5.41, 5.74) is 0.684. The average Bonchev–Trinajstić information content (AvgIpc) is 2.75. The van der Waals surface area contributed by atoms with E-state index in [1.54, 1.807) is 19.2 Å². The third-order valence-electron chi connectivity index (χ3n) is 3.14. The van der Waals surface area contributed by atoms with Crippen molar-refractivity contribution in [1.82, 2.24) is 0 Å². The molecular formula is C13H18O4. The van der Waals surface area contributed by atoms with Crippen LogP contribution in [0.1, 0.15) is 24.8 Å². The molecular weight excluding hydrogens is 220 g/mol. The lowest BCUT2D eigenvalue weighted by Gasteiger charge is -2.20. The Kier molecular flexibility index (Phi) is 3.86. The Morgan fingerprint density at radius 3 is 2.76 bits per heavy atom. The summed E-state index contributed by atoms with van der Waals surface area (Å²) in [6.07, 6.45) is 1.96. The van der Waals surface area contributed by atoms with Crippen molar-refractivity contribution >= 4 is 0 Å². The van der Waals surface area contributed by atoms with Crippen LogP contribution in [0.5, 0.6) is 11.5 Å². The van der Waals surface area contributed by atoms with Crippen molar-refractivity contribution < 1.29 is 19.7 Å². The van der Waals surface area contributed by atoms with Crippen molar-refractivity contribution in [3.05, 3.63) is 23.8 Å². The second kappa shape index (κ2) is 5.38. The van der Waals surface area contributed by atoms with Crippen molar-refractivity contribution in [1.29, 1.82) is 0 Å². The number of hydrogen-bond donors (Lipinski definition) is 2. The fraction of sp³-hybridized carbons (Fsp3) is 0.538. The SMILES string of the molecule is COc1cccc(CO)c1OC1CCCC1O. The molecule has 17 heavy (non-hydrogen) atoms. The molecule has 94 valence electrons. The predicted molar refractivity (Wildman–Crippen MR) is 63.2 cm³/mol. The van der Waals surface area contributed by atoms with Crippen molar-refractivity contribution in [2.75, 3.05) is 7.11 Å². The predicted octanol–water partition coefficient (Wildman–Crippen LogP) is 1.48. The van der Waals surface area contributed by atoms with Crippen LogP contribution in [0.4, 0.5) is 0 Å². The molecule has 1 aliphatic rings. The number of rotatable bonds is 4. The highest BCUT2D eigenvalue weighted by molar-refractivity contribution is 5.46. The number of ether oxygens (including phenoxy) is 2. The maximum absolute atomic E-state index is 9.75. The molecule has 0 heterocycles. The Labute approximate surface area is 101 Å². The van der Waals surface area contributed by atoms with Crippen LogP contribution in [0.2, 0.25) is 0 Å². The van der Waals surface area contributed by atoms with Gasteiger partial charge in [0.1, 0.15) is 6.10 Å². The molecule has 4 nitrogen and oxygen atoms in total. The highest BCUT2D eigenvalue weighted by atomic mass is 16.5. The fourth-order valence-electron chi connectivity index (χ4n) is 2.18. The maximum Gasteiger partial charge on any atom is 0.167 e. The van der Waals surface area contributed by atoms with E-state index in [0.29, 0.717) is 17.1 Å². The molecule has 1 saturated carbocycles. The number of aliphatic hydroxyl groups is 2. The Morgan fingerprint density at radius 1 is 1.35 bits per heavy atom. The molecule has 2 N–H and O–H groups in total. The minimum Gasteiger partial charge on any atom is -0.493 e. The zero-order valence-electron chi connectivity index (χ0n) is 9.93. The molecule has 1 aromatic rings. The van der Waals surface area contributed by atoms with Gasteiger partial charge in [0.15, 0.2) is 11.5 Å². The fourth-order valence-corrected chi connectivity index (χ4v) is 2.18. The van der Waals surface area contributed by atoms with E-state index < -0.39 is 6.10 Å². The van der Waals surface area contributed by atoms with Crippen molar-refractivity contribution in [2.24, 2.45) is 0 Å². The number of methoxy groups -OCH3 is 1. The van der Waals surface area contributed by atoms with Crippen LogP contribution in [0, 0.1) is 0 Å². The van der Waals surface area contributed by atoms with Gasteiger partial charge in [-0.05, 0) is 25.3 Å². The summed E-state index contributed by atoms with van der Waals surface area (Å²) in [5, 5.41) is 19.0. The Balaban J connectivity index is 2.23. The molecule has 0 radical (unpaired) electrons. The normalized spacial score (nSPS) is 23.7. The molecule has 2 atom stereocenters. The summed E-state index contributed by atoms with van der Waals surface area (Å²) in [6.45, 7) is -0.102. The number of hydrogen-bond acceptors (Lipinski definition) is 4. The molecule has 0 aromatic heterocycles. The van der Waals surface area contributed by atoms with Gasteiger partial charge in [0.25, 0.3) is 0 Å². The van der Waals surface area contributed by atoms with Gasteiger partial charge in [-0.2, -0.15) is 0 Å². The monoisotopic (exact) mass is 238 g/mol. The summed E-state index contributed by atoms with van der Waals surface area (Å²) in [7, 11) is 1.56. The van der Waals surface area contributed by atoms with E-state index in [9.17, 15) is 10.2 Å². The number of aliphatic hydroxyl groups excluding tert-OH is 2. The second-order valence-electron chi connectivity index (χ2n) is 4.26. The molecule has 1 aliphatic carbocycles. The van der Waals surface area contributed by atoms with E-state index in [4.69, 9.17) is 9.47 Å². The van der Waals surface area contributed by atoms with Crippen molar-refractivity contribution in [3.63, 3.8) is 0 Å². The summed E-state index contributed by atoms with van der Waals surface area (Å²) < 4.78 is 11.0. The Hall–Kier alpha value is -1.26. The molecule has 0 saturated heterocycles. The lowest BCUT2D eigenvalue weighted by atomic mass is 10.2. The number of para-hydroxylation sites is 1. The van der Waals surface area contributed by atoms with Gasteiger partial charge in [-0.25, -0.2) is 0 Å². The largest absolute Gasteiger partial charge is 0.493 e. The summed E-state index contributed by atoms with van der Waals surface area (Å²) in [5.74, 6) is 1.14. The van der Waals surface area contributed by atoms with Gasteiger partial charge in [0.2, 0.25) is 0 Å². The maximum atomic E-state index is 9.75. The third-order valence-corrected chi connectivity index (χ3v) is 3.14. The van der Waals surface area contributed by atoms with Gasteiger partial charge < -0.3 is 19.7 Å². The third kappa shape index (κ3) is 2.53. The van der Waals surface area contributed by atoms with Crippen LogP contribution in [-0.4, -0.2) is 29.5 Å². The number of benzene rings is 1. The molecule has 0 spiro atoms. The van der Waals surface area contributed by atoms with Gasteiger partial charge in [-0.3, -0.25) is 0 Å². The second-order valence-corrected chi connectivity index (χ2v) is 4.26. The van der Waals surface area contributed by atoms with E-state index in [2.05, 4.69) is 0 Å². The van der Waals surface area contributed by atoms with E-state index in [0.717, 1.165) is 19.3 Å². The first-order valence-electron chi connectivity index (χ1n) is 5.87. The van der Waals surface area contributed by atoms with E-state index in [-0.39, 0.29) is 12.7 Å². The lowest BCUT2D eigenvalue weighted by molar-refractivity contribution is 0.0570. The van der Waals surface area contributed by atoms with Gasteiger partial charge >= 0.3 is 0 Å². The molecule has 2 unspecified atom stereocenters. The molecule has 2 rings (SSSR count). The van der Waals surface area contributed by atoms with E-state index >= 15 is 0 Å². The van der Waals surface area contributed by atoms with Crippen LogP contribution >= 0.6 is 0 Å². The molecule has 4 heteroatoms. The first-order valence-corrected chi connectivity index (χ1v) is 5.87. The molecule has 0 amide bonds. The van der Waals surface area contributed by atoms with Crippen LogP contribution in [0.3, 0.4) is 0 Å². The van der Waals surface area contributed by atoms with Crippen LogP contribution in [-0.2, 0) is 6.61 Å². The summed E-state index contributed by atoms with van der Waals surface area (Å²) >= 11 is 0. The highest BCUT2D eigenvalue weighted by Gasteiger charge is 2.28. The van der Waals surface area contributed by atoms with Crippen LogP contribution in [0.25, 0.3) is 0 Å². The van der Waals surface area contributed by atoms with Crippen molar-refractivity contribution in [2.45, 2.75) is 38.1 Å². The standard InChI is InChI=1S/C13H18O4/c1-16-12-7-2-4-9(8-14)13(12)17-11-6-3-5-10(11)15/h2,4,7,10-11,14-15H,3,5-6,8H2,1H3. The van der Waals surface area contributed by atoms with Gasteiger partial charge in [-0.15, -0.1) is 0 Å². The minimum atomic E-state index is -0.425. The van der Waals surface area contributed by atoms with E-state index in [1.165, 1.54) is 0 Å². The first kappa shape index (κ1) is 12.2. The summed E-state index contributed by atoms with van der Waals surface area (Å²) in [4.78, 5) is 0. The smallest absolute Gasteiger partial charge is 0.167 e. The van der Waals surface area contributed by atoms with Gasteiger partial charge in [0.05, 0.1) is 19.8 Å². The van der Waals surface area contributed by atoms with Gasteiger partial charge in [0, 0.05) is 5.56 Å². The zero-order chi connectivity index (χ0) is 12.3. The van der Waals surface area contributed by atoms with Crippen LogP contribution < -0.4 is 9.47 Å².